The van der Waals surface area contributed by atoms with Crippen molar-refractivity contribution in [1.82, 2.24) is 5.32 Å². The third-order valence-corrected chi connectivity index (χ3v) is 2.99. The van der Waals surface area contributed by atoms with Crippen LogP contribution in [0.2, 0.25) is 0 Å². The van der Waals surface area contributed by atoms with Crippen LogP contribution in [0, 0.1) is 5.92 Å². The molecule has 1 amide bonds. The molecular weight excluding hydrogens is 252 g/mol. The number of hydrogen-bond acceptors (Lipinski definition) is 3. The highest BCUT2D eigenvalue weighted by molar-refractivity contribution is 5.81. The van der Waals surface area contributed by atoms with Crippen molar-refractivity contribution in [2.75, 3.05) is 0 Å². The zero-order valence-corrected chi connectivity index (χ0v) is 12.4. The smallest absolute Gasteiger partial charge is 0.237 e. The number of benzene rings is 1. The lowest BCUT2D eigenvalue weighted by Crippen LogP contribution is -2.43. The Hall–Kier alpha value is -1.88. The maximum absolute atomic E-state index is 11.8. The van der Waals surface area contributed by atoms with Crippen molar-refractivity contribution in [3.8, 4) is 0 Å². The van der Waals surface area contributed by atoms with Crippen LogP contribution in [0.25, 0.3) is 0 Å². The molecule has 5 heteroatoms. The van der Waals surface area contributed by atoms with Gasteiger partial charge >= 0.3 is 0 Å². The first-order valence-corrected chi connectivity index (χ1v) is 6.77. The van der Waals surface area contributed by atoms with E-state index in [4.69, 9.17) is 11.5 Å². The molecule has 0 fully saturated rings. The molecule has 20 heavy (non-hydrogen) atoms. The van der Waals surface area contributed by atoms with Gasteiger partial charge in [0.05, 0.1) is 18.4 Å². The summed E-state index contributed by atoms with van der Waals surface area (Å²) in [5, 5.41) is 2.85. The van der Waals surface area contributed by atoms with E-state index in [2.05, 4.69) is 10.3 Å². The number of amides is 1. The van der Waals surface area contributed by atoms with Gasteiger partial charge in [0.15, 0.2) is 0 Å². The highest BCUT2D eigenvalue weighted by Gasteiger charge is 2.16. The first-order valence-electron chi connectivity index (χ1n) is 6.77. The lowest BCUT2D eigenvalue weighted by atomic mass is 10.0. The van der Waals surface area contributed by atoms with Gasteiger partial charge in [-0.1, -0.05) is 38.1 Å². The van der Waals surface area contributed by atoms with Gasteiger partial charge in [-0.15, -0.1) is 0 Å². The summed E-state index contributed by atoms with van der Waals surface area (Å²) in [5.41, 5.74) is 13.4. The molecule has 0 radical (unpaired) electrons. The monoisotopic (exact) mass is 276 g/mol. The predicted octanol–water partition coefficient (Wildman–Crippen LogP) is 1.16. The van der Waals surface area contributed by atoms with Crippen molar-refractivity contribution < 1.29 is 4.79 Å². The number of carbonyl (C=O) groups excluding carboxylic acids is 1. The van der Waals surface area contributed by atoms with Crippen molar-refractivity contribution in [3.05, 3.63) is 35.4 Å². The third-order valence-electron chi connectivity index (χ3n) is 2.99. The molecular formula is C15H24N4O. The SMILES string of the molecule is CC(N)=NCc1cccc(CNC(=O)[C@@H](N)C(C)C)c1. The van der Waals surface area contributed by atoms with Crippen molar-refractivity contribution in [2.45, 2.75) is 39.9 Å². The largest absolute Gasteiger partial charge is 0.388 e. The lowest BCUT2D eigenvalue weighted by molar-refractivity contribution is -0.123. The first kappa shape index (κ1) is 16.2. The first-order chi connectivity index (χ1) is 9.40. The fourth-order valence-electron chi connectivity index (χ4n) is 1.66. The summed E-state index contributed by atoms with van der Waals surface area (Å²) in [7, 11) is 0. The number of amidine groups is 1. The molecule has 0 heterocycles. The normalized spacial score (nSPS) is 13.3. The van der Waals surface area contributed by atoms with Crippen LogP contribution in [0.5, 0.6) is 0 Å². The van der Waals surface area contributed by atoms with Gasteiger partial charge in [0.25, 0.3) is 0 Å². The highest BCUT2D eigenvalue weighted by atomic mass is 16.2. The molecule has 1 aromatic carbocycles. The molecule has 0 aliphatic heterocycles. The number of aliphatic imine (C=N–C) groups is 1. The summed E-state index contributed by atoms with van der Waals surface area (Å²) < 4.78 is 0. The summed E-state index contributed by atoms with van der Waals surface area (Å²) in [6.07, 6.45) is 0. The Morgan fingerprint density at radius 2 is 2.00 bits per heavy atom. The van der Waals surface area contributed by atoms with Crippen molar-refractivity contribution in [3.63, 3.8) is 0 Å². The quantitative estimate of drug-likeness (QED) is 0.537. The Bertz CT molecular complexity index is 479. The molecule has 0 spiro atoms. The molecule has 0 aliphatic carbocycles. The fraction of sp³-hybridized carbons (Fsp3) is 0.467. The van der Waals surface area contributed by atoms with E-state index in [9.17, 15) is 4.79 Å². The molecule has 5 N–H and O–H groups in total. The third kappa shape index (κ3) is 5.40. The second-order valence-electron chi connectivity index (χ2n) is 5.27. The molecule has 0 saturated heterocycles. The minimum absolute atomic E-state index is 0.124. The molecule has 1 aromatic rings. The van der Waals surface area contributed by atoms with E-state index in [0.717, 1.165) is 11.1 Å². The molecule has 0 aliphatic rings. The van der Waals surface area contributed by atoms with E-state index in [1.54, 1.807) is 6.92 Å². The Kier molecular flexibility index (Phi) is 6.18. The van der Waals surface area contributed by atoms with Crippen LogP contribution in [-0.4, -0.2) is 17.8 Å². The molecule has 1 atom stereocenters. The van der Waals surface area contributed by atoms with Gasteiger partial charge in [-0.05, 0) is 24.0 Å². The van der Waals surface area contributed by atoms with Crippen molar-refractivity contribution in [1.29, 1.82) is 0 Å². The Morgan fingerprint density at radius 3 is 2.60 bits per heavy atom. The molecule has 0 aromatic heterocycles. The number of hydrogen-bond donors (Lipinski definition) is 3. The van der Waals surface area contributed by atoms with E-state index in [0.29, 0.717) is 18.9 Å². The minimum Gasteiger partial charge on any atom is -0.388 e. The van der Waals surface area contributed by atoms with Crippen LogP contribution in [0.1, 0.15) is 31.9 Å². The van der Waals surface area contributed by atoms with Crippen molar-refractivity contribution in [2.24, 2.45) is 22.4 Å². The summed E-state index contributed by atoms with van der Waals surface area (Å²) in [6, 6.07) is 7.43. The van der Waals surface area contributed by atoms with Crippen LogP contribution in [-0.2, 0) is 17.9 Å². The maximum Gasteiger partial charge on any atom is 0.237 e. The summed E-state index contributed by atoms with van der Waals surface area (Å²) in [4.78, 5) is 16.0. The zero-order chi connectivity index (χ0) is 15.1. The van der Waals surface area contributed by atoms with Gasteiger partial charge in [-0.3, -0.25) is 9.79 Å². The van der Waals surface area contributed by atoms with E-state index in [1.807, 2.05) is 38.1 Å². The zero-order valence-electron chi connectivity index (χ0n) is 12.4. The molecule has 5 nitrogen and oxygen atoms in total. The van der Waals surface area contributed by atoms with Gasteiger partial charge in [-0.25, -0.2) is 0 Å². The average Bonchev–Trinajstić information content (AvgIpc) is 2.42. The van der Waals surface area contributed by atoms with Gasteiger partial charge < -0.3 is 16.8 Å². The van der Waals surface area contributed by atoms with Crippen LogP contribution in [0.15, 0.2) is 29.3 Å². The Morgan fingerprint density at radius 1 is 1.35 bits per heavy atom. The van der Waals surface area contributed by atoms with Gasteiger partial charge in [0.2, 0.25) is 5.91 Å². The predicted molar refractivity (Wildman–Crippen MR) is 82.1 cm³/mol. The van der Waals surface area contributed by atoms with Crippen LogP contribution in [0.3, 0.4) is 0 Å². The maximum atomic E-state index is 11.8. The average molecular weight is 276 g/mol. The fourth-order valence-corrected chi connectivity index (χ4v) is 1.66. The summed E-state index contributed by atoms with van der Waals surface area (Å²) >= 11 is 0. The second-order valence-corrected chi connectivity index (χ2v) is 5.27. The lowest BCUT2D eigenvalue weighted by Gasteiger charge is -2.15. The van der Waals surface area contributed by atoms with Crippen molar-refractivity contribution >= 4 is 11.7 Å². The molecule has 110 valence electrons. The van der Waals surface area contributed by atoms with Crippen LogP contribution < -0.4 is 16.8 Å². The Balaban J connectivity index is 2.58. The number of carbonyl (C=O) groups is 1. The van der Waals surface area contributed by atoms with E-state index < -0.39 is 6.04 Å². The number of nitrogens with two attached hydrogens (primary N) is 2. The number of rotatable bonds is 6. The number of nitrogens with one attached hydrogen (secondary N) is 1. The van der Waals surface area contributed by atoms with Crippen LogP contribution in [0.4, 0.5) is 0 Å². The topological polar surface area (TPSA) is 93.5 Å². The van der Waals surface area contributed by atoms with E-state index in [-0.39, 0.29) is 11.8 Å². The molecule has 1 rings (SSSR count). The minimum atomic E-state index is -0.470. The Labute approximate surface area is 120 Å². The van der Waals surface area contributed by atoms with Gasteiger partial charge in [0.1, 0.15) is 0 Å². The summed E-state index contributed by atoms with van der Waals surface area (Å²) in [6.45, 7) is 6.64. The van der Waals surface area contributed by atoms with E-state index >= 15 is 0 Å². The second kappa shape index (κ2) is 7.65. The molecule has 0 saturated carbocycles. The van der Waals surface area contributed by atoms with Gasteiger partial charge in [0, 0.05) is 6.54 Å². The highest BCUT2D eigenvalue weighted by Crippen LogP contribution is 2.07. The standard InChI is InChI=1S/C15H24N4O/c1-10(2)14(17)15(20)19-9-13-6-4-5-12(7-13)8-18-11(3)16/h4-7,10,14H,8-9,17H2,1-3H3,(H2,16,18)(H,19,20)/t14-/m0/s1. The summed E-state index contributed by atoms with van der Waals surface area (Å²) in [5.74, 6) is 0.566. The van der Waals surface area contributed by atoms with Crippen LogP contribution >= 0.6 is 0 Å². The van der Waals surface area contributed by atoms with Gasteiger partial charge in [-0.2, -0.15) is 0 Å². The number of nitrogens with zero attached hydrogens (tertiary/aromatic N) is 1. The molecule has 0 bridgehead atoms. The van der Waals surface area contributed by atoms with E-state index in [1.165, 1.54) is 0 Å². The molecule has 0 unspecified atom stereocenters.